The van der Waals surface area contributed by atoms with Gasteiger partial charge in [-0.1, -0.05) is 30.7 Å². The number of sulfonamides is 1. The maximum atomic E-state index is 13.0. The zero-order valence-electron chi connectivity index (χ0n) is 18.0. The zero-order valence-corrected chi connectivity index (χ0v) is 19.7. The van der Waals surface area contributed by atoms with Crippen molar-refractivity contribution in [1.82, 2.24) is 8.87 Å². The zero-order chi connectivity index (χ0) is 22.2. The van der Waals surface area contributed by atoms with E-state index in [4.69, 9.17) is 0 Å². The molecule has 0 spiro atoms. The van der Waals surface area contributed by atoms with Crippen molar-refractivity contribution < 1.29 is 13.2 Å². The van der Waals surface area contributed by atoms with Crippen LogP contribution in [-0.2, 0) is 23.5 Å². The Labute approximate surface area is 186 Å². The predicted molar refractivity (Wildman–Crippen MR) is 124 cm³/mol. The molecule has 2 aromatic carbocycles. The van der Waals surface area contributed by atoms with E-state index in [1.165, 1.54) is 29.0 Å². The fourth-order valence-corrected chi connectivity index (χ4v) is 6.77. The van der Waals surface area contributed by atoms with E-state index in [1.807, 2.05) is 18.5 Å². The van der Waals surface area contributed by atoms with Gasteiger partial charge in [0.05, 0.1) is 15.1 Å². The van der Waals surface area contributed by atoms with Gasteiger partial charge in [-0.25, -0.2) is 8.42 Å². The second-order valence-corrected chi connectivity index (χ2v) is 10.9. The molecule has 0 aliphatic carbocycles. The van der Waals surface area contributed by atoms with Gasteiger partial charge in [-0.15, -0.1) is 0 Å². The van der Waals surface area contributed by atoms with E-state index >= 15 is 0 Å². The Morgan fingerprint density at radius 1 is 1.16 bits per heavy atom. The van der Waals surface area contributed by atoms with Crippen LogP contribution in [0.4, 0.5) is 0 Å². The Morgan fingerprint density at radius 3 is 2.58 bits per heavy atom. The van der Waals surface area contributed by atoms with Gasteiger partial charge in [0.2, 0.25) is 10.0 Å². The van der Waals surface area contributed by atoms with Gasteiger partial charge >= 0.3 is 0 Å². The average molecular weight is 458 g/mol. The van der Waals surface area contributed by atoms with Gasteiger partial charge in [0.25, 0.3) is 5.91 Å². The Balaban J connectivity index is 1.62. The SMILES string of the molecule is CCc1ccc2c(c1)sc(=NC(=O)c1ccc(S(=O)(=O)N3CCCCC3C)cc1)n2C. The number of nitrogens with zero attached hydrogens (tertiary/aromatic N) is 3. The minimum atomic E-state index is -3.55. The number of rotatable bonds is 4. The summed E-state index contributed by atoms with van der Waals surface area (Å²) in [5, 5.41) is 0. The fourth-order valence-electron chi connectivity index (χ4n) is 3.99. The maximum absolute atomic E-state index is 13.0. The number of benzene rings is 2. The number of hydrogen-bond acceptors (Lipinski definition) is 4. The highest BCUT2D eigenvalue weighted by atomic mass is 32.2. The highest BCUT2D eigenvalue weighted by Crippen LogP contribution is 2.25. The van der Waals surface area contributed by atoms with Gasteiger partial charge in [0.15, 0.2) is 4.80 Å². The molecule has 1 aliphatic rings. The summed E-state index contributed by atoms with van der Waals surface area (Å²) in [6, 6.07) is 12.4. The van der Waals surface area contributed by atoms with Crippen molar-refractivity contribution in [3.63, 3.8) is 0 Å². The van der Waals surface area contributed by atoms with E-state index in [1.54, 1.807) is 16.4 Å². The van der Waals surface area contributed by atoms with E-state index in [9.17, 15) is 13.2 Å². The van der Waals surface area contributed by atoms with Crippen molar-refractivity contribution in [1.29, 1.82) is 0 Å². The fraction of sp³-hybridized carbons (Fsp3) is 0.391. The number of aromatic nitrogens is 1. The molecule has 1 aliphatic heterocycles. The average Bonchev–Trinajstić information content (AvgIpc) is 3.08. The Kier molecular flexibility index (Phi) is 6.14. The number of amides is 1. The third kappa shape index (κ3) is 4.24. The molecule has 2 heterocycles. The van der Waals surface area contributed by atoms with Crippen LogP contribution in [0.5, 0.6) is 0 Å². The summed E-state index contributed by atoms with van der Waals surface area (Å²) in [7, 11) is -1.66. The van der Waals surface area contributed by atoms with E-state index < -0.39 is 10.0 Å². The van der Waals surface area contributed by atoms with E-state index in [-0.39, 0.29) is 16.8 Å². The standard InChI is InChI=1S/C23H27N3O3S2/c1-4-17-8-13-20-21(15-17)30-23(25(20)3)24-22(27)18-9-11-19(12-10-18)31(28,29)26-14-6-5-7-16(26)2/h8-13,15-16H,4-7,14H2,1-3H3. The van der Waals surface area contributed by atoms with E-state index in [0.717, 1.165) is 35.9 Å². The highest BCUT2D eigenvalue weighted by Gasteiger charge is 2.30. The van der Waals surface area contributed by atoms with Crippen LogP contribution in [0.1, 0.15) is 49.0 Å². The number of carbonyl (C=O) groups excluding carboxylic acids is 1. The third-order valence-corrected chi connectivity index (χ3v) is 9.05. The summed E-state index contributed by atoms with van der Waals surface area (Å²) in [4.78, 5) is 17.9. The topological polar surface area (TPSA) is 71.7 Å². The van der Waals surface area contributed by atoms with Crippen molar-refractivity contribution in [3.05, 3.63) is 58.4 Å². The number of carbonyl (C=O) groups is 1. The first kappa shape index (κ1) is 21.9. The summed E-state index contributed by atoms with van der Waals surface area (Å²) < 4.78 is 30.5. The lowest BCUT2D eigenvalue weighted by Gasteiger charge is -2.32. The highest BCUT2D eigenvalue weighted by molar-refractivity contribution is 7.89. The van der Waals surface area contributed by atoms with Crippen LogP contribution in [0.25, 0.3) is 10.2 Å². The van der Waals surface area contributed by atoms with Gasteiger partial charge in [-0.05, 0) is 68.1 Å². The third-order valence-electron chi connectivity index (χ3n) is 5.93. The summed E-state index contributed by atoms with van der Waals surface area (Å²) >= 11 is 1.48. The molecule has 0 saturated carbocycles. The Hall–Kier alpha value is -2.29. The lowest BCUT2D eigenvalue weighted by molar-refractivity contribution is 0.0998. The second-order valence-electron chi connectivity index (χ2n) is 8.00. The molecular formula is C23H27N3O3S2. The molecule has 1 atom stereocenters. The quantitative estimate of drug-likeness (QED) is 0.592. The molecule has 1 saturated heterocycles. The Bertz CT molecular complexity index is 1290. The molecule has 1 amide bonds. The van der Waals surface area contributed by atoms with Crippen LogP contribution in [0.15, 0.2) is 52.4 Å². The molecule has 1 fully saturated rings. The largest absolute Gasteiger partial charge is 0.319 e. The van der Waals surface area contributed by atoms with Crippen LogP contribution in [-0.4, -0.2) is 35.8 Å². The van der Waals surface area contributed by atoms with Crippen LogP contribution < -0.4 is 4.80 Å². The minimum absolute atomic E-state index is 0.00348. The number of piperidine rings is 1. The van der Waals surface area contributed by atoms with Crippen molar-refractivity contribution in [2.24, 2.45) is 12.0 Å². The van der Waals surface area contributed by atoms with Crippen LogP contribution in [0.3, 0.4) is 0 Å². The first-order valence-corrected chi connectivity index (χ1v) is 12.9. The van der Waals surface area contributed by atoms with E-state index in [2.05, 4.69) is 30.1 Å². The van der Waals surface area contributed by atoms with E-state index in [0.29, 0.717) is 16.9 Å². The number of fused-ring (bicyclic) bond motifs is 1. The molecule has 4 rings (SSSR count). The molecule has 8 heteroatoms. The number of hydrogen-bond donors (Lipinski definition) is 0. The molecule has 1 aromatic heterocycles. The first-order valence-electron chi connectivity index (χ1n) is 10.6. The number of aryl methyl sites for hydroxylation is 2. The predicted octanol–water partition coefficient (Wildman–Crippen LogP) is 4.11. The first-order chi connectivity index (χ1) is 14.8. The lowest BCUT2D eigenvalue weighted by Crippen LogP contribution is -2.41. The molecule has 3 aromatic rings. The smallest absolute Gasteiger partial charge is 0.279 e. The van der Waals surface area contributed by atoms with Crippen molar-refractivity contribution in [2.75, 3.05) is 6.54 Å². The molecule has 6 nitrogen and oxygen atoms in total. The maximum Gasteiger partial charge on any atom is 0.279 e. The second kappa shape index (κ2) is 8.68. The molecular weight excluding hydrogens is 430 g/mol. The normalized spacial score (nSPS) is 18.5. The molecule has 0 bridgehead atoms. The lowest BCUT2D eigenvalue weighted by atomic mass is 10.1. The summed E-state index contributed by atoms with van der Waals surface area (Å²) in [6.07, 6.45) is 3.76. The molecule has 0 N–H and O–H groups in total. The summed E-state index contributed by atoms with van der Waals surface area (Å²) in [6.45, 7) is 4.60. The molecule has 31 heavy (non-hydrogen) atoms. The van der Waals surface area contributed by atoms with Crippen molar-refractivity contribution in [3.8, 4) is 0 Å². The van der Waals surface area contributed by atoms with Gasteiger partial charge in [0, 0.05) is 25.2 Å². The van der Waals surface area contributed by atoms with Gasteiger partial charge < -0.3 is 4.57 Å². The van der Waals surface area contributed by atoms with Gasteiger partial charge in [0.1, 0.15) is 0 Å². The molecule has 1 unspecified atom stereocenters. The summed E-state index contributed by atoms with van der Waals surface area (Å²) in [5.74, 6) is -0.381. The molecule has 0 radical (unpaired) electrons. The van der Waals surface area contributed by atoms with Crippen LogP contribution >= 0.6 is 11.3 Å². The Morgan fingerprint density at radius 2 is 1.90 bits per heavy atom. The van der Waals surface area contributed by atoms with Crippen LogP contribution in [0.2, 0.25) is 0 Å². The van der Waals surface area contributed by atoms with Gasteiger partial charge in [-0.2, -0.15) is 9.30 Å². The van der Waals surface area contributed by atoms with Crippen LogP contribution in [0, 0.1) is 0 Å². The number of thiazole rings is 1. The van der Waals surface area contributed by atoms with Crippen molar-refractivity contribution in [2.45, 2.75) is 50.5 Å². The minimum Gasteiger partial charge on any atom is -0.319 e. The van der Waals surface area contributed by atoms with Gasteiger partial charge in [-0.3, -0.25) is 4.79 Å². The monoisotopic (exact) mass is 457 g/mol. The van der Waals surface area contributed by atoms with Crippen molar-refractivity contribution >= 4 is 37.5 Å². The molecule has 164 valence electrons. The summed E-state index contributed by atoms with van der Waals surface area (Å²) in [5.41, 5.74) is 2.65.